The van der Waals surface area contributed by atoms with E-state index >= 15 is 0 Å². The molecule has 2 atom stereocenters. The van der Waals surface area contributed by atoms with Gasteiger partial charge >= 0.3 is 5.69 Å². The van der Waals surface area contributed by atoms with Gasteiger partial charge in [-0.15, -0.1) is 0 Å². The maximum absolute atomic E-state index is 11.4. The monoisotopic (exact) mass is 353 g/mol. The van der Waals surface area contributed by atoms with E-state index in [9.17, 15) is 4.79 Å². The zero-order valence-corrected chi connectivity index (χ0v) is 14.5. The van der Waals surface area contributed by atoms with Crippen LogP contribution in [-0.4, -0.2) is 17.0 Å². The van der Waals surface area contributed by atoms with Crippen LogP contribution < -0.4 is 11.0 Å². The molecule has 4 nitrogen and oxygen atoms in total. The Morgan fingerprint density at radius 2 is 1.90 bits per heavy atom. The second-order valence-corrected chi connectivity index (χ2v) is 6.43. The van der Waals surface area contributed by atoms with Crippen LogP contribution in [0.4, 0.5) is 0 Å². The average molecular weight is 354 g/mol. The minimum Gasteiger partial charge on any atom is -0.313 e. The zero-order valence-electron chi connectivity index (χ0n) is 12.9. The first kappa shape index (κ1) is 16.3. The van der Waals surface area contributed by atoms with Gasteiger partial charge in [0.05, 0.1) is 11.0 Å². The number of aromatic nitrogens is 2. The number of rotatable bonds is 7. The summed E-state index contributed by atoms with van der Waals surface area (Å²) in [6, 6.07) is 4.35. The molecule has 0 radical (unpaired) electrons. The van der Waals surface area contributed by atoms with Crippen LogP contribution in [0.2, 0.25) is 0 Å². The summed E-state index contributed by atoms with van der Waals surface area (Å²) in [6.07, 6.45) is 4.82. The van der Waals surface area contributed by atoms with E-state index in [2.05, 4.69) is 51.1 Å². The number of nitrogens with one attached hydrogen (secondary N) is 3. The Morgan fingerprint density at radius 1 is 1.24 bits per heavy atom. The van der Waals surface area contributed by atoms with Crippen LogP contribution in [0.15, 0.2) is 21.4 Å². The van der Waals surface area contributed by atoms with Crippen molar-refractivity contribution in [3.05, 3.63) is 32.7 Å². The molecule has 0 aliphatic rings. The summed E-state index contributed by atoms with van der Waals surface area (Å²) in [5.74, 6) is 0.592. The maximum atomic E-state index is 11.4. The third kappa shape index (κ3) is 3.58. The van der Waals surface area contributed by atoms with E-state index in [1.807, 2.05) is 13.1 Å². The van der Waals surface area contributed by atoms with Crippen molar-refractivity contribution in [2.75, 3.05) is 7.05 Å². The number of fused-ring (bicyclic) bond motifs is 1. The molecule has 0 spiro atoms. The first-order valence-electron chi connectivity index (χ1n) is 7.69. The van der Waals surface area contributed by atoms with Crippen LogP contribution in [0.1, 0.15) is 51.1 Å². The number of unbranched alkanes of at least 4 members (excludes halogenated alkanes) is 1. The molecule has 2 rings (SSSR count). The number of hydrogen-bond acceptors (Lipinski definition) is 2. The highest BCUT2D eigenvalue weighted by Crippen LogP contribution is 2.34. The zero-order chi connectivity index (χ0) is 15.4. The van der Waals surface area contributed by atoms with Gasteiger partial charge in [-0.1, -0.05) is 49.0 Å². The van der Waals surface area contributed by atoms with Gasteiger partial charge in [-0.05, 0) is 37.1 Å². The summed E-state index contributed by atoms with van der Waals surface area (Å²) in [5.41, 5.74) is 2.76. The summed E-state index contributed by atoms with van der Waals surface area (Å²) in [5, 5.41) is 3.46. The average Bonchev–Trinajstić information content (AvgIpc) is 2.82. The first-order valence-corrected chi connectivity index (χ1v) is 8.48. The van der Waals surface area contributed by atoms with E-state index in [4.69, 9.17) is 0 Å². The highest BCUT2D eigenvalue weighted by atomic mass is 79.9. The minimum atomic E-state index is -0.159. The number of halogens is 1. The quantitative estimate of drug-likeness (QED) is 0.701. The Kier molecular flexibility index (Phi) is 5.65. The molecular formula is C16H24BrN3O. The van der Waals surface area contributed by atoms with E-state index < -0.39 is 0 Å². The predicted molar refractivity (Wildman–Crippen MR) is 91.7 cm³/mol. The smallest absolute Gasteiger partial charge is 0.313 e. The molecule has 1 aromatic carbocycles. The lowest BCUT2D eigenvalue weighted by atomic mass is 9.87. The normalized spacial score (nSPS) is 14.5. The largest absolute Gasteiger partial charge is 0.323 e. The van der Waals surface area contributed by atoms with Crippen molar-refractivity contribution in [3.63, 3.8) is 0 Å². The SMILES string of the molecule is CCCCC(CC)C(NC)c1cc2[nH]c(=O)[nH]c2cc1Br. The van der Waals surface area contributed by atoms with Gasteiger partial charge in [0, 0.05) is 10.5 Å². The van der Waals surface area contributed by atoms with Crippen LogP contribution >= 0.6 is 15.9 Å². The molecular weight excluding hydrogens is 330 g/mol. The number of imidazole rings is 1. The van der Waals surface area contributed by atoms with Crippen molar-refractivity contribution in [3.8, 4) is 0 Å². The molecule has 116 valence electrons. The van der Waals surface area contributed by atoms with Gasteiger partial charge in [-0.25, -0.2) is 4.79 Å². The fourth-order valence-electron chi connectivity index (χ4n) is 3.03. The van der Waals surface area contributed by atoms with E-state index in [0.29, 0.717) is 12.0 Å². The molecule has 3 N–H and O–H groups in total. The van der Waals surface area contributed by atoms with Crippen molar-refractivity contribution in [2.24, 2.45) is 5.92 Å². The van der Waals surface area contributed by atoms with Gasteiger partial charge in [0.2, 0.25) is 0 Å². The Bertz CT molecular complexity index is 646. The number of H-pyrrole nitrogens is 2. The Balaban J connectivity index is 2.40. The summed E-state index contributed by atoms with van der Waals surface area (Å²) < 4.78 is 1.04. The minimum absolute atomic E-state index is 0.159. The molecule has 2 aromatic rings. The van der Waals surface area contributed by atoms with Gasteiger partial charge in [-0.2, -0.15) is 0 Å². The van der Waals surface area contributed by atoms with Crippen molar-refractivity contribution in [1.29, 1.82) is 0 Å². The van der Waals surface area contributed by atoms with Gasteiger partial charge in [0.15, 0.2) is 0 Å². The molecule has 0 bridgehead atoms. The van der Waals surface area contributed by atoms with Gasteiger partial charge < -0.3 is 15.3 Å². The van der Waals surface area contributed by atoms with Gasteiger partial charge in [0.25, 0.3) is 0 Å². The third-order valence-electron chi connectivity index (χ3n) is 4.20. The maximum Gasteiger partial charge on any atom is 0.323 e. The predicted octanol–water partition coefficient (Wildman–Crippen LogP) is 4.10. The molecule has 21 heavy (non-hydrogen) atoms. The Hall–Kier alpha value is -1.07. The highest BCUT2D eigenvalue weighted by Gasteiger charge is 2.22. The van der Waals surface area contributed by atoms with E-state index in [-0.39, 0.29) is 5.69 Å². The van der Waals surface area contributed by atoms with Crippen LogP contribution in [0.25, 0.3) is 11.0 Å². The molecule has 0 amide bonds. The first-order chi connectivity index (χ1) is 10.1. The molecule has 0 saturated carbocycles. The topological polar surface area (TPSA) is 60.7 Å². The molecule has 0 fully saturated rings. The highest BCUT2D eigenvalue weighted by molar-refractivity contribution is 9.10. The lowest BCUT2D eigenvalue weighted by Crippen LogP contribution is -2.25. The van der Waals surface area contributed by atoms with Crippen LogP contribution in [0.3, 0.4) is 0 Å². The van der Waals surface area contributed by atoms with Crippen LogP contribution in [-0.2, 0) is 0 Å². The summed E-state index contributed by atoms with van der Waals surface area (Å²) >= 11 is 3.66. The van der Waals surface area contributed by atoms with E-state index in [1.165, 1.54) is 24.8 Å². The van der Waals surface area contributed by atoms with Crippen molar-refractivity contribution >= 4 is 27.0 Å². The molecule has 0 aliphatic carbocycles. The van der Waals surface area contributed by atoms with Crippen LogP contribution in [0, 0.1) is 5.92 Å². The number of aromatic amines is 2. The number of benzene rings is 1. The van der Waals surface area contributed by atoms with Crippen molar-refractivity contribution in [2.45, 2.75) is 45.6 Å². The van der Waals surface area contributed by atoms with E-state index in [0.717, 1.165) is 21.9 Å². The lowest BCUT2D eigenvalue weighted by molar-refractivity contribution is 0.338. The van der Waals surface area contributed by atoms with Crippen LogP contribution in [0.5, 0.6) is 0 Å². The Labute approximate surface area is 133 Å². The fourth-order valence-corrected chi connectivity index (χ4v) is 3.62. The molecule has 1 heterocycles. The summed E-state index contributed by atoms with van der Waals surface area (Å²) in [6.45, 7) is 4.48. The van der Waals surface area contributed by atoms with Crippen molar-refractivity contribution in [1.82, 2.24) is 15.3 Å². The van der Waals surface area contributed by atoms with E-state index in [1.54, 1.807) is 0 Å². The standard InChI is InChI=1S/C16H24BrN3O/c1-4-6-7-10(5-2)15(18-3)11-8-13-14(9-12(11)17)20-16(21)19-13/h8-10,15,18H,4-7H2,1-3H3,(H2,19,20,21). The molecule has 0 saturated heterocycles. The number of hydrogen-bond donors (Lipinski definition) is 3. The third-order valence-corrected chi connectivity index (χ3v) is 4.89. The Morgan fingerprint density at radius 3 is 2.48 bits per heavy atom. The molecule has 5 heteroatoms. The van der Waals surface area contributed by atoms with Crippen molar-refractivity contribution < 1.29 is 0 Å². The summed E-state index contributed by atoms with van der Waals surface area (Å²) in [7, 11) is 2.01. The summed E-state index contributed by atoms with van der Waals surface area (Å²) in [4.78, 5) is 17.1. The molecule has 1 aromatic heterocycles. The molecule has 0 aliphatic heterocycles. The fraction of sp³-hybridized carbons (Fsp3) is 0.562. The second-order valence-electron chi connectivity index (χ2n) is 5.58. The van der Waals surface area contributed by atoms with Gasteiger partial charge in [0.1, 0.15) is 0 Å². The lowest BCUT2D eigenvalue weighted by Gasteiger charge is -2.27. The molecule has 2 unspecified atom stereocenters. The van der Waals surface area contributed by atoms with Gasteiger partial charge in [-0.3, -0.25) is 0 Å². The second kappa shape index (κ2) is 7.27.